The maximum absolute atomic E-state index is 11.6. The lowest BCUT2D eigenvalue weighted by molar-refractivity contribution is -0.870. The van der Waals surface area contributed by atoms with E-state index in [2.05, 4.69) is 4.74 Å². The van der Waals surface area contributed by atoms with Gasteiger partial charge in [0, 0.05) is 6.42 Å². The highest BCUT2D eigenvalue weighted by Gasteiger charge is 2.40. The van der Waals surface area contributed by atoms with Crippen LogP contribution in [0.5, 0.6) is 0 Å². The number of rotatable bonds is 4. The topological polar surface area (TPSA) is 26.3 Å². The van der Waals surface area contributed by atoms with Crippen molar-refractivity contribution in [3.63, 3.8) is 0 Å². The van der Waals surface area contributed by atoms with Crippen LogP contribution in [-0.4, -0.2) is 50.9 Å². The molecule has 0 unspecified atom stereocenters. The molecule has 3 nitrogen and oxygen atoms in total. The number of carbonyl (C=O) groups is 1. The molecule has 0 atom stereocenters. The van der Waals surface area contributed by atoms with E-state index in [1.54, 1.807) is 0 Å². The molecule has 0 saturated heterocycles. The summed E-state index contributed by atoms with van der Waals surface area (Å²) in [5.41, 5.74) is 0. The number of quaternary nitrogens is 1. The standard InChI is InChI=1S/C8H15F3NO2/c1-12(2,3)5-4-6-14-7(13)8(9,10)11/h4-6H2,1-3H3/q+1. The summed E-state index contributed by atoms with van der Waals surface area (Å²) >= 11 is 0. The molecule has 0 aliphatic rings. The summed E-state index contributed by atoms with van der Waals surface area (Å²) in [6.07, 6.45) is -4.46. The molecule has 0 bridgehead atoms. The smallest absolute Gasteiger partial charge is 0.459 e. The van der Waals surface area contributed by atoms with Gasteiger partial charge in [-0.15, -0.1) is 0 Å². The van der Waals surface area contributed by atoms with Gasteiger partial charge in [0.05, 0.1) is 34.3 Å². The van der Waals surface area contributed by atoms with E-state index in [4.69, 9.17) is 0 Å². The Morgan fingerprint density at radius 1 is 1.29 bits per heavy atom. The fourth-order valence-corrected chi connectivity index (χ4v) is 0.786. The van der Waals surface area contributed by atoms with Gasteiger partial charge in [-0.3, -0.25) is 0 Å². The maximum atomic E-state index is 11.6. The van der Waals surface area contributed by atoms with Crippen LogP contribution in [0.4, 0.5) is 13.2 Å². The molecule has 6 heteroatoms. The number of carbonyl (C=O) groups excluding carboxylic acids is 1. The third kappa shape index (κ3) is 6.71. The van der Waals surface area contributed by atoms with Gasteiger partial charge in [0.15, 0.2) is 0 Å². The van der Waals surface area contributed by atoms with Gasteiger partial charge in [-0.2, -0.15) is 13.2 Å². The van der Waals surface area contributed by atoms with E-state index in [0.717, 1.165) is 0 Å². The van der Waals surface area contributed by atoms with Crippen LogP contribution in [0.25, 0.3) is 0 Å². The molecule has 0 fully saturated rings. The Morgan fingerprint density at radius 2 is 1.79 bits per heavy atom. The maximum Gasteiger partial charge on any atom is 0.490 e. The lowest BCUT2D eigenvalue weighted by Crippen LogP contribution is -2.36. The molecule has 0 aliphatic carbocycles. The molecule has 0 aromatic heterocycles. The highest BCUT2D eigenvalue weighted by Crippen LogP contribution is 2.16. The number of hydrogen-bond donors (Lipinski definition) is 0. The van der Waals surface area contributed by atoms with E-state index >= 15 is 0 Å². The Kier molecular flexibility index (Phi) is 4.38. The van der Waals surface area contributed by atoms with Gasteiger partial charge in [0.1, 0.15) is 0 Å². The highest BCUT2D eigenvalue weighted by molar-refractivity contribution is 5.75. The van der Waals surface area contributed by atoms with Crippen LogP contribution in [0.15, 0.2) is 0 Å². The molecule has 0 heterocycles. The normalized spacial score (nSPS) is 12.7. The van der Waals surface area contributed by atoms with Crippen molar-refractivity contribution >= 4 is 5.97 Å². The summed E-state index contributed by atoms with van der Waals surface area (Å²) in [6, 6.07) is 0. The average Bonchev–Trinajstić information content (AvgIpc) is 1.93. The molecule has 0 aromatic carbocycles. The largest absolute Gasteiger partial charge is 0.490 e. The molecule has 0 aromatic rings. The minimum Gasteiger partial charge on any atom is -0.459 e. The van der Waals surface area contributed by atoms with Crippen molar-refractivity contribution in [3.05, 3.63) is 0 Å². The molecule has 0 radical (unpaired) electrons. The van der Waals surface area contributed by atoms with Crippen LogP contribution < -0.4 is 0 Å². The van der Waals surface area contributed by atoms with Crippen LogP contribution in [0.3, 0.4) is 0 Å². The molecule has 14 heavy (non-hydrogen) atoms. The summed E-state index contributed by atoms with van der Waals surface area (Å²) in [5.74, 6) is -2.11. The molecular weight excluding hydrogens is 199 g/mol. The summed E-state index contributed by atoms with van der Waals surface area (Å²) in [5, 5.41) is 0. The van der Waals surface area contributed by atoms with E-state index in [1.807, 2.05) is 21.1 Å². The first-order valence-electron chi connectivity index (χ1n) is 4.17. The second-order valence-electron chi connectivity index (χ2n) is 4.00. The average molecular weight is 214 g/mol. The van der Waals surface area contributed by atoms with E-state index in [1.165, 1.54) is 0 Å². The fourth-order valence-electron chi connectivity index (χ4n) is 0.786. The summed E-state index contributed by atoms with van der Waals surface area (Å²) in [6.45, 7) is 0.471. The van der Waals surface area contributed by atoms with Crippen LogP contribution in [0.2, 0.25) is 0 Å². The van der Waals surface area contributed by atoms with Crippen LogP contribution in [-0.2, 0) is 9.53 Å². The third-order valence-electron chi connectivity index (χ3n) is 1.44. The number of ether oxygens (including phenoxy) is 1. The Bertz CT molecular complexity index is 196. The molecule has 0 amide bonds. The fraction of sp³-hybridized carbons (Fsp3) is 0.875. The van der Waals surface area contributed by atoms with Gasteiger partial charge >= 0.3 is 12.1 Å². The van der Waals surface area contributed by atoms with Gasteiger partial charge in [0.25, 0.3) is 0 Å². The zero-order valence-electron chi connectivity index (χ0n) is 8.52. The van der Waals surface area contributed by atoms with Crippen LogP contribution >= 0.6 is 0 Å². The van der Waals surface area contributed by atoms with Gasteiger partial charge in [-0.25, -0.2) is 4.79 Å². The van der Waals surface area contributed by atoms with E-state index in [0.29, 0.717) is 17.4 Å². The summed E-state index contributed by atoms with van der Waals surface area (Å²) in [4.78, 5) is 10.2. The Hall–Kier alpha value is -0.780. The Morgan fingerprint density at radius 3 is 2.14 bits per heavy atom. The first-order valence-corrected chi connectivity index (χ1v) is 4.17. The molecule has 84 valence electrons. The number of halogens is 3. The van der Waals surface area contributed by atoms with Gasteiger partial charge in [-0.1, -0.05) is 0 Å². The summed E-state index contributed by atoms with van der Waals surface area (Å²) in [7, 11) is 5.72. The number of alkyl halides is 3. The van der Waals surface area contributed by atoms with Gasteiger partial charge in [0.2, 0.25) is 0 Å². The first kappa shape index (κ1) is 13.2. The van der Waals surface area contributed by atoms with Crippen molar-refractivity contribution in [1.29, 1.82) is 0 Å². The van der Waals surface area contributed by atoms with Crippen molar-refractivity contribution in [3.8, 4) is 0 Å². The molecular formula is C8H15F3NO2+. The molecule has 0 rings (SSSR count). The molecule has 0 spiro atoms. The van der Waals surface area contributed by atoms with Crippen molar-refractivity contribution in [1.82, 2.24) is 0 Å². The van der Waals surface area contributed by atoms with Crippen LogP contribution in [0, 0.1) is 0 Å². The minimum atomic E-state index is -4.88. The third-order valence-corrected chi connectivity index (χ3v) is 1.44. The van der Waals surface area contributed by atoms with Crippen LogP contribution in [0.1, 0.15) is 6.42 Å². The number of esters is 1. The second-order valence-corrected chi connectivity index (χ2v) is 4.00. The molecule has 0 saturated carbocycles. The molecule has 0 N–H and O–H groups in total. The number of hydrogen-bond acceptors (Lipinski definition) is 2. The van der Waals surface area contributed by atoms with E-state index in [9.17, 15) is 18.0 Å². The van der Waals surface area contributed by atoms with Gasteiger partial charge < -0.3 is 9.22 Å². The lowest BCUT2D eigenvalue weighted by Gasteiger charge is -2.23. The zero-order valence-corrected chi connectivity index (χ0v) is 8.52. The lowest BCUT2D eigenvalue weighted by atomic mass is 10.4. The predicted octanol–water partition coefficient (Wildman–Crippen LogP) is 1.19. The van der Waals surface area contributed by atoms with Crippen molar-refractivity contribution in [2.24, 2.45) is 0 Å². The number of nitrogens with zero attached hydrogens (tertiary/aromatic N) is 1. The highest BCUT2D eigenvalue weighted by atomic mass is 19.4. The van der Waals surface area contributed by atoms with Crippen molar-refractivity contribution in [2.75, 3.05) is 34.3 Å². The monoisotopic (exact) mass is 214 g/mol. The van der Waals surface area contributed by atoms with E-state index in [-0.39, 0.29) is 6.61 Å². The Labute approximate surface area is 81.0 Å². The van der Waals surface area contributed by atoms with Crippen molar-refractivity contribution < 1.29 is 27.2 Å². The second kappa shape index (κ2) is 4.63. The summed E-state index contributed by atoms with van der Waals surface area (Å²) < 4.78 is 39.6. The quantitative estimate of drug-likeness (QED) is 0.399. The zero-order chi connectivity index (χ0) is 11.4. The minimum absolute atomic E-state index is 0.187. The molecule has 0 aliphatic heterocycles. The SMILES string of the molecule is C[N+](C)(C)CCCOC(=O)C(F)(F)F. The Balaban J connectivity index is 3.62. The van der Waals surface area contributed by atoms with Gasteiger partial charge in [-0.05, 0) is 0 Å². The van der Waals surface area contributed by atoms with E-state index < -0.39 is 12.1 Å². The predicted molar refractivity (Wildman–Crippen MR) is 44.5 cm³/mol. The van der Waals surface area contributed by atoms with Crippen molar-refractivity contribution in [2.45, 2.75) is 12.6 Å². The first-order chi connectivity index (χ1) is 6.13.